The number of anilines is 3. The molecule has 0 fully saturated rings. The second-order valence-electron chi connectivity index (χ2n) is 6.83. The van der Waals surface area contributed by atoms with Gasteiger partial charge in [-0.25, -0.2) is 4.98 Å². The molecule has 2 aromatic carbocycles. The second kappa shape index (κ2) is 6.46. The Morgan fingerprint density at radius 3 is 2.74 bits per heavy atom. The molecule has 1 aromatic heterocycles. The number of benzene rings is 2. The molecular formula is C21H20N4O2. The van der Waals surface area contributed by atoms with E-state index >= 15 is 0 Å². The van der Waals surface area contributed by atoms with Crippen molar-refractivity contribution < 1.29 is 9.47 Å². The molecule has 0 saturated carbocycles. The molecule has 6 heteroatoms. The highest BCUT2D eigenvalue weighted by atomic mass is 16.7. The topological polar surface area (TPSA) is 59.5 Å². The van der Waals surface area contributed by atoms with Crippen LogP contribution in [0.25, 0.3) is 0 Å². The molecule has 0 atom stereocenters. The zero-order chi connectivity index (χ0) is 18.2. The van der Waals surface area contributed by atoms with E-state index in [2.05, 4.69) is 39.5 Å². The molecule has 3 heterocycles. The number of hydrogen-bond donors (Lipinski definition) is 1. The smallest absolute Gasteiger partial charge is 0.231 e. The number of nitrogens with zero attached hydrogens (tertiary/aromatic N) is 3. The quantitative estimate of drug-likeness (QED) is 0.766. The molecule has 1 N–H and O–H groups in total. The lowest BCUT2D eigenvalue weighted by atomic mass is 10.0. The van der Waals surface area contributed by atoms with Crippen LogP contribution < -0.4 is 19.7 Å². The van der Waals surface area contributed by atoms with E-state index in [0.717, 1.165) is 54.2 Å². The Balaban J connectivity index is 1.40. The van der Waals surface area contributed by atoms with E-state index in [0.29, 0.717) is 0 Å². The molecule has 27 heavy (non-hydrogen) atoms. The van der Waals surface area contributed by atoms with E-state index in [-0.39, 0.29) is 6.79 Å². The van der Waals surface area contributed by atoms with Gasteiger partial charge in [0.2, 0.25) is 12.7 Å². The van der Waals surface area contributed by atoms with E-state index < -0.39 is 0 Å². The van der Waals surface area contributed by atoms with E-state index in [1.807, 2.05) is 31.2 Å². The summed E-state index contributed by atoms with van der Waals surface area (Å²) in [6.07, 6.45) is 1.01. The first-order chi connectivity index (χ1) is 13.2. The van der Waals surface area contributed by atoms with Gasteiger partial charge in [-0.1, -0.05) is 24.3 Å². The van der Waals surface area contributed by atoms with Crippen LogP contribution in [-0.2, 0) is 13.0 Å². The number of aromatic nitrogens is 2. The summed E-state index contributed by atoms with van der Waals surface area (Å²) in [4.78, 5) is 11.6. The fourth-order valence-corrected chi connectivity index (χ4v) is 3.55. The zero-order valence-electron chi connectivity index (χ0n) is 15.1. The van der Waals surface area contributed by atoms with Gasteiger partial charge in [-0.3, -0.25) is 0 Å². The number of hydrogen-bond acceptors (Lipinski definition) is 6. The van der Waals surface area contributed by atoms with Gasteiger partial charge in [-0.05, 0) is 36.6 Å². The minimum atomic E-state index is 0.270. The van der Waals surface area contributed by atoms with Crippen LogP contribution in [-0.4, -0.2) is 23.3 Å². The molecule has 0 amide bonds. The maximum Gasteiger partial charge on any atom is 0.231 e. The molecule has 2 aliphatic rings. The van der Waals surface area contributed by atoms with Crippen LogP contribution in [0.1, 0.15) is 16.8 Å². The molecule has 0 aliphatic carbocycles. The minimum absolute atomic E-state index is 0.270. The summed E-state index contributed by atoms with van der Waals surface area (Å²) >= 11 is 0. The van der Waals surface area contributed by atoms with Crippen molar-refractivity contribution in [2.75, 3.05) is 23.6 Å². The molecule has 0 bridgehead atoms. The lowest BCUT2D eigenvalue weighted by Gasteiger charge is -2.29. The van der Waals surface area contributed by atoms with Crippen molar-refractivity contribution in [1.29, 1.82) is 0 Å². The number of fused-ring (bicyclic) bond motifs is 2. The molecule has 2 aliphatic heterocycles. The third-order valence-electron chi connectivity index (χ3n) is 4.90. The summed E-state index contributed by atoms with van der Waals surface area (Å²) in [6.45, 7) is 4.02. The highest BCUT2D eigenvalue weighted by Crippen LogP contribution is 2.35. The Labute approximate surface area is 157 Å². The molecule has 3 aromatic rings. The van der Waals surface area contributed by atoms with Crippen LogP contribution in [0.15, 0.2) is 48.5 Å². The van der Waals surface area contributed by atoms with Gasteiger partial charge in [0.25, 0.3) is 0 Å². The monoisotopic (exact) mass is 360 g/mol. The highest BCUT2D eigenvalue weighted by molar-refractivity contribution is 5.63. The first kappa shape index (κ1) is 15.9. The summed E-state index contributed by atoms with van der Waals surface area (Å²) in [5, 5.41) is 3.36. The van der Waals surface area contributed by atoms with E-state index in [9.17, 15) is 0 Å². The lowest BCUT2D eigenvalue weighted by molar-refractivity contribution is 0.174. The fraction of sp³-hybridized carbons (Fsp3) is 0.238. The van der Waals surface area contributed by atoms with E-state index in [4.69, 9.17) is 14.5 Å². The van der Waals surface area contributed by atoms with Gasteiger partial charge >= 0.3 is 0 Å². The van der Waals surface area contributed by atoms with Gasteiger partial charge in [0.1, 0.15) is 5.82 Å². The van der Waals surface area contributed by atoms with Crippen LogP contribution in [0.3, 0.4) is 0 Å². The van der Waals surface area contributed by atoms with Crippen molar-refractivity contribution in [1.82, 2.24) is 9.97 Å². The zero-order valence-corrected chi connectivity index (χ0v) is 15.1. The second-order valence-corrected chi connectivity index (χ2v) is 6.83. The summed E-state index contributed by atoms with van der Waals surface area (Å²) < 4.78 is 10.8. The molecule has 5 rings (SSSR count). The van der Waals surface area contributed by atoms with Crippen molar-refractivity contribution in [3.05, 3.63) is 65.4 Å². The third kappa shape index (κ3) is 3.14. The number of nitrogens with one attached hydrogen (secondary N) is 1. The Kier molecular flexibility index (Phi) is 3.81. The molecular weight excluding hydrogens is 340 g/mol. The number of rotatable bonds is 3. The number of ether oxygens (including phenoxy) is 2. The van der Waals surface area contributed by atoms with Crippen molar-refractivity contribution in [3.8, 4) is 11.5 Å². The standard InChI is InChI=1S/C21H20N4O2/c1-14-10-20(23-17-6-7-18-19(11-17)27-13-26-18)24-21(22-14)25-9-8-15-4-2-3-5-16(15)12-25/h2-7,10-11H,8-9,12-13H2,1H3,(H,22,23,24). The summed E-state index contributed by atoms with van der Waals surface area (Å²) in [5.74, 6) is 3.05. The van der Waals surface area contributed by atoms with Gasteiger partial charge in [-0.2, -0.15) is 4.98 Å². The first-order valence-electron chi connectivity index (χ1n) is 9.09. The van der Waals surface area contributed by atoms with Crippen LogP contribution in [0.5, 0.6) is 11.5 Å². The molecule has 136 valence electrons. The Morgan fingerprint density at radius 2 is 1.81 bits per heavy atom. The average Bonchev–Trinajstić information content (AvgIpc) is 3.15. The van der Waals surface area contributed by atoms with E-state index in [1.165, 1.54) is 11.1 Å². The SMILES string of the molecule is Cc1cc(Nc2ccc3c(c2)OCO3)nc(N2CCc3ccccc3C2)n1. The van der Waals surface area contributed by atoms with Crippen LogP contribution in [0, 0.1) is 6.92 Å². The average molecular weight is 360 g/mol. The Hall–Kier alpha value is -3.28. The van der Waals surface area contributed by atoms with Crippen molar-refractivity contribution >= 4 is 17.5 Å². The summed E-state index contributed by atoms with van der Waals surface area (Å²) in [7, 11) is 0. The first-order valence-corrected chi connectivity index (χ1v) is 9.09. The third-order valence-corrected chi connectivity index (χ3v) is 4.90. The predicted octanol–water partition coefficient (Wildman–Crippen LogP) is 3.82. The normalized spacial score (nSPS) is 14.8. The fourth-order valence-electron chi connectivity index (χ4n) is 3.55. The van der Waals surface area contributed by atoms with Crippen molar-refractivity contribution in [2.24, 2.45) is 0 Å². The molecule has 0 saturated heterocycles. The molecule has 0 unspecified atom stereocenters. The molecule has 0 radical (unpaired) electrons. The van der Waals surface area contributed by atoms with Gasteiger partial charge in [0.15, 0.2) is 11.5 Å². The van der Waals surface area contributed by atoms with Crippen LogP contribution in [0.2, 0.25) is 0 Å². The van der Waals surface area contributed by atoms with Crippen molar-refractivity contribution in [3.63, 3.8) is 0 Å². The van der Waals surface area contributed by atoms with Crippen LogP contribution >= 0.6 is 0 Å². The van der Waals surface area contributed by atoms with Gasteiger partial charge < -0.3 is 19.7 Å². The van der Waals surface area contributed by atoms with Gasteiger partial charge in [0, 0.05) is 36.6 Å². The maximum absolute atomic E-state index is 5.45. The lowest BCUT2D eigenvalue weighted by Crippen LogP contribution is -2.32. The summed E-state index contributed by atoms with van der Waals surface area (Å²) in [6, 6.07) is 16.3. The largest absolute Gasteiger partial charge is 0.454 e. The maximum atomic E-state index is 5.45. The summed E-state index contributed by atoms with van der Waals surface area (Å²) in [5.41, 5.74) is 4.61. The minimum Gasteiger partial charge on any atom is -0.454 e. The van der Waals surface area contributed by atoms with Crippen LogP contribution in [0.4, 0.5) is 17.5 Å². The predicted molar refractivity (Wildman–Crippen MR) is 104 cm³/mol. The van der Waals surface area contributed by atoms with Crippen molar-refractivity contribution in [2.45, 2.75) is 19.9 Å². The molecule has 0 spiro atoms. The highest BCUT2D eigenvalue weighted by Gasteiger charge is 2.19. The van der Waals surface area contributed by atoms with Gasteiger partial charge in [-0.15, -0.1) is 0 Å². The van der Waals surface area contributed by atoms with E-state index in [1.54, 1.807) is 0 Å². The number of aryl methyl sites for hydroxylation is 1. The molecule has 6 nitrogen and oxygen atoms in total. The Morgan fingerprint density at radius 1 is 0.963 bits per heavy atom. The van der Waals surface area contributed by atoms with Gasteiger partial charge in [0.05, 0.1) is 0 Å². The Bertz CT molecular complexity index is 1010.